The Morgan fingerprint density at radius 3 is 2.16 bits per heavy atom. The van der Waals surface area contributed by atoms with Crippen LogP contribution in [0, 0.1) is 0 Å². The summed E-state index contributed by atoms with van der Waals surface area (Å²) in [5.41, 5.74) is 7.88. The molecule has 0 unspecified atom stereocenters. The van der Waals surface area contributed by atoms with E-state index in [2.05, 4.69) is 10.9 Å². The van der Waals surface area contributed by atoms with Crippen LogP contribution in [0.2, 0.25) is 0 Å². The van der Waals surface area contributed by atoms with Crippen molar-refractivity contribution < 1.29 is 13.0 Å². The molecule has 0 bridgehead atoms. The second-order valence-electron chi connectivity index (χ2n) is 3.96. The summed E-state index contributed by atoms with van der Waals surface area (Å²) in [6, 6.07) is 15.6. The third-order valence-electron chi connectivity index (χ3n) is 2.52. The van der Waals surface area contributed by atoms with E-state index in [0.717, 1.165) is 11.3 Å². The van der Waals surface area contributed by atoms with Crippen molar-refractivity contribution in [2.75, 3.05) is 5.43 Å². The van der Waals surface area contributed by atoms with Gasteiger partial charge >= 0.3 is 0 Å². The van der Waals surface area contributed by atoms with Crippen LogP contribution in [0.4, 0.5) is 5.69 Å². The van der Waals surface area contributed by atoms with Crippen LogP contribution in [0.15, 0.2) is 59.5 Å². The van der Waals surface area contributed by atoms with Crippen LogP contribution >= 0.6 is 0 Å². The highest BCUT2D eigenvalue weighted by Crippen LogP contribution is 2.10. The molecule has 0 aliphatic carbocycles. The molecule has 0 atom stereocenters. The predicted molar refractivity (Wildman–Crippen MR) is 73.2 cm³/mol. The summed E-state index contributed by atoms with van der Waals surface area (Å²) < 4.78 is 30.6. The quantitative estimate of drug-likeness (QED) is 0.576. The first-order valence-corrected chi connectivity index (χ1v) is 7.10. The van der Waals surface area contributed by atoms with Crippen molar-refractivity contribution >= 4 is 15.8 Å². The largest absolute Gasteiger partial charge is 0.321 e. The van der Waals surface area contributed by atoms with E-state index in [1.54, 1.807) is 12.1 Å². The number of hydrogen-bond acceptors (Lipinski definition) is 4. The second-order valence-corrected chi connectivity index (χ2v) is 5.39. The fourth-order valence-corrected chi connectivity index (χ4v) is 2.03. The molecule has 0 radical (unpaired) electrons. The summed E-state index contributed by atoms with van der Waals surface area (Å²) in [6.07, 6.45) is 0. The molecule has 3 N–H and O–H groups in total. The maximum Gasteiger partial charge on any atom is 0.294 e. The summed E-state index contributed by atoms with van der Waals surface area (Å²) >= 11 is 0. The van der Waals surface area contributed by atoms with E-state index in [9.17, 15) is 8.42 Å². The molecule has 2 aromatic carbocycles. The van der Waals surface area contributed by atoms with E-state index in [0.29, 0.717) is 6.54 Å². The number of hydrogen-bond donors (Lipinski definition) is 3. The van der Waals surface area contributed by atoms with E-state index in [-0.39, 0.29) is 4.90 Å². The fourth-order valence-electron chi connectivity index (χ4n) is 1.55. The minimum Gasteiger partial charge on any atom is -0.321 e. The average Bonchev–Trinajstić information content (AvgIpc) is 2.39. The van der Waals surface area contributed by atoms with Gasteiger partial charge in [0.2, 0.25) is 0 Å². The SMILES string of the molecule is O=S(=O)(O)c1ccc(CNNc2ccccc2)cc1. The van der Waals surface area contributed by atoms with Crippen LogP contribution in [0.5, 0.6) is 0 Å². The lowest BCUT2D eigenvalue weighted by atomic mass is 10.2. The zero-order chi connectivity index (χ0) is 13.7. The molecule has 100 valence electrons. The van der Waals surface area contributed by atoms with Crippen molar-refractivity contribution in [1.82, 2.24) is 5.43 Å². The van der Waals surface area contributed by atoms with Crippen LogP contribution in [0.1, 0.15) is 5.56 Å². The molecule has 0 amide bonds. The van der Waals surface area contributed by atoms with Crippen molar-refractivity contribution in [3.05, 3.63) is 60.2 Å². The van der Waals surface area contributed by atoms with Crippen molar-refractivity contribution in [2.45, 2.75) is 11.4 Å². The molecule has 6 heteroatoms. The topological polar surface area (TPSA) is 78.4 Å². The number of hydrazine groups is 1. The Hall–Kier alpha value is -1.89. The van der Waals surface area contributed by atoms with Gasteiger partial charge in [-0.3, -0.25) is 4.55 Å². The second kappa shape index (κ2) is 5.83. The lowest BCUT2D eigenvalue weighted by Crippen LogP contribution is -2.20. The van der Waals surface area contributed by atoms with Gasteiger partial charge in [-0.2, -0.15) is 8.42 Å². The monoisotopic (exact) mass is 278 g/mol. The van der Waals surface area contributed by atoms with Gasteiger partial charge in [0.25, 0.3) is 10.1 Å². The van der Waals surface area contributed by atoms with E-state index in [1.165, 1.54) is 12.1 Å². The first-order valence-electron chi connectivity index (χ1n) is 5.66. The van der Waals surface area contributed by atoms with Gasteiger partial charge in [-0.25, -0.2) is 5.43 Å². The van der Waals surface area contributed by atoms with Gasteiger partial charge in [0.05, 0.1) is 4.90 Å². The zero-order valence-electron chi connectivity index (χ0n) is 10.1. The van der Waals surface area contributed by atoms with Crippen LogP contribution < -0.4 is 10.9 Å². The van der Waals surface area contributed by atoms with Crippen molar-refractivity contribution in [1.29, 1.82) is 0 Å². The first-order chi connectivity index (χ1) is 9.05. The smallest absolute Gasteiger partial charge is 0.294 e. The third-order valence-corrected chi connectivity index (χ3v) is 3.39. The third kappa shape index (κ3) is 4.06. The summed E-state index contributed by atoms with van der Waals surface area (Å²) in [7, 11) is -4.12. The van der Waals surface area contributed by atoms with Gasteiger partial charge < -0.3 is 5.43 Å². The minimum atomic E-state index is -4.12. The molecule has 0 aliphatic rings. The van der Waals surface area contributed by atoms with Gasteiger partial charge in [0, 0.05) is 12.2 Å². The standard InChI is InChI=1S/C13H14N2O3S/c16-19(17,18)13-8-6-11(7-9-13)10-14-15-12-4-2-1-3-5-12/h1-9,14-15H,10H2,(H,16,17,18). The van der Waals surface area contributed by atoms with Gasteiger partial charge in [-0.1, -0.05) is 30.3 Å². The molecule has 2 rings (SSSR count). The lowest BCUT2D eigenvalue weighted by Gasteiger charge is -2.08. The van der Waals surface area contributed by atoms with Crippen molar-refractivity contribution in [3.8, 4) is 0 Å². The molecule has 0 saturated carbocycles. The van der Waals surface area contributed by atoms with Gasteiger partial charge in [-0.15, -0.1) is 0 Å². The molecule has 0 fully saturated rings. The highest BCUT2D eigenvalue weighted by molar-refractivity contribution is 7.85. The number of nitrogens with one attached hydrogen (secondary N) is 2. The van der Waals surface area contributed by atoms with Crippen LogP contribution in [-0.2, 0) is 16.7 Å². The van der Waals surface area contributed by atoms with Gasteiger partial charge in [0.15, 0.2) is 0 Å². The maximum absolute atomic E-state index is 10.9. The summed E-state index contributed by atoms with van der Waals surface area (Å²) in [6.45, 7) is 0.528. The Labute approximate surface area is 112 Å². The first kappa shape index (κ1) is 13.5. The Morgan fingerprint density at radius 2 is 1.58 bits per heavy atom. The van der Waals surface area contributed by atoms with Crippen LogP contribution in [0.25, 0.3) is 0 Å². The molecule has 0 heterocycles. The predicted octanol–water partition coefficient (Wildman–Crippen LogP) is 2.05. The number of rotatable bonds is 5. The van der Waals surface area contributed by atoms with E-state index < -0.39 is 10.1 Å². The van der Waals surface area contributed by atoms with E-state index in [4.69, 9.17) is 4.55 Å². The number of anilines is 1. The molecule has 5 nitrogen and oxygen atoms in total. The summed E-state index contributed by atoms with van der Waals surface area (Å²) in [4.78, 5) is -0.104. The summed E-state index contributed by atoms with van der Waals surface area (Å²) in [5.74, 6) is 0. The lowest BCUT2D eigenvalue weighted by molar-refractivity contribution is 0.483. The average molecular weight is 278 g/mol. The maximum atomic E-state index is 10.9. The normalized spacial score (nSPS) is 11.2. The Morgan fingerprint density at radius 1 is 0.947 bits per heavy atom. The molecule has 0 saturated heterocycles. The fraction of sp³-hybridized carbons (Fsp3) is 0.0769. The zero-order valence-corrected chi connectivity index (χ0v) is 10.9. The van der Waals surface area contributed by atoms with Crippen molar-refractivity contribution in [2.24, 2.45) is 0 Å². The Balaban J connectivity index is 1.90. The number of para-hydroxylation sites is 1. The van der Waals surface area contributed by atoms with Gasteiger partial charge in [-0.05, 0) is 29.8 Å². The number of benzene rings is 2. The van der Waals surface area contributed by atoms with Crippen LogP contribution in [-0.4, -0.2) is 13.0 Å². The van der Waals surface area contributed by atoms with E-state index >= 15 is 0 Å². The molecule has 2 aromatic rings. The summed E-state index contributed by atoms with van der Waals surface area (Å²) in [5, 5.41) is 0. The minimum absolute atomic E-state index is 0.104. The van der Waals surface area contributed by atoms with Crippen molar-refractivity contribution in [3.63, 3.8) is 0 Å². The molecule has 19 heavy (non-hydrogen) atoms. The molecular weight excluding hydrogens is 264 g/mol. The van der Waals surface area contributed by atoms with Gasteiger partial charge in [0.1, 0.15) is 0 Å². The highest BCUT2D eigenvalue weighted by atomic mass is 32.2. The molecule has 0 aromatic heterocycles. The highest BCUT2D eigenvalue weighted by Gasteiger charge is 2.07. The molecule has 0 spiro atoms. The van der Waals surface area contributed by atoms with Crippen LogP contribution in [0.3, 0.4) is 0 Å². The Kier molecular flexibility index (Phi) is 4.16. The van der Waals surface area contributed by atoms with E-state index in [1.807, 2.05) is 30.3 Å². The Bertz CT molecular complexity index is 625. The molecule has 0 aliphatic heterocycles. The molecular formula is C13H14N2O3S.